The van der Waals surface area contributed by atoms with E-state index < -0.39 is 5.97 Å². The molecular weight excluding hydrogens is 218 g/mol. The van der Waals surface area contributed by atoms with Crippen molar-refractivity contribution in [3.05, 3.63) is 17.5 Å². The summed E-state index contributed by atoms with van der Waals surface area (Å²) in [7, 11) is 0. The van der Waals surface area contributed by atoms with Crippen molar-refractivity contribution in [2.45, 2.75) is 6.42 Å². The molecule has 0 amide bonds. The van der Waals surface area contributed by atoms with Gasteiger partial charge in [0.1, 0.15) is 17.3 Å². The third-order valence-electron chi connectivity index (χ3n) is 2.48. The summed E-state index contributed by atoms with van der Waals surface area (Å²) in [5.41, 5.74) is 0. The van der Waals surface area contributed by atoms with Gasteiger partial charge in [-0.1, -0.05) is 11.6 Å². The molecule has 1 aromatic rings. The third-order valence-corrected chi connectivity index (χ3v) is 2.69. The van der Waals surface area contributed by atoms with Gasteiger partial charge in [-0.05, 0) is 6.42 Å². The standard InChI is InChI=1S/C9H10ClN3O2/c10-7-3-8(12-5-11-7)13-2-1-6(4-13)9(14)15/h3,5-6H,1-2,4H2,(H,14,15)/t6-/m1/s1. The van der Waals surface area contributed by atoms with Crippen LogP contribution in [-0.4, -0.2) is 34.1 Å². The molecule has 5 nitrogen and oxygen atoms in total. The summed E-state index contributed by atoms with van der Waals surface area (Å²) in [6.45, 7) is 1.19. The number of aliphatic carboxylic acids is 1. The fourth-order valence-corrected chi connectivity index (χ4v) is 1.81. The molecule has 1 aromatic heterocycles. The highest BCUT2D eigenvalue weighted by atomic mass is 35.5. The highest BCUT2D eigenvalue weighted by molar-refractivity contribution is 6.29. The van der Waals surface area contributed by atoms with Gasteiger partial charge in [0.2, 0.25) is 0 Å². The number of aromatic nitrogens is 2. The van der Waals surface area contributed by atoms with Gasteiger partial charge in [-0.15, -0.1) is 0 Å². The van der Waals surface area contributed by atoms with Crippen LogP contribution >= 0.6 is 11.6 Å². The first-order valence-corrected chi connectivity index (χ1v) is 5.00. The predicted octanol–water partition coefficient (Wildman–Crippen LogP) is 1.04. The van der Waals surface area contributed by atoms with Gasteiger partial charge in [0.05, 0.1) is 5.92 Å². The first kappa shape index (κ1) is 10.2. The largest absolute Gasteiger partial charge is 0.481 e. The van der Waals surface area contributed by atoms with E-state index in [0.29, 0.717) is 30.5 Å². The lowest BCUT2D eigenvalue weighted by atomic mass is 10.1. The second-order valence-corrected chi connectivity index (χ2v) is 3.86. The van der Waals surface area contributed by atoms with Crippen LogP contribution < -0.4 is 4.90 Å². The number of hydrogen-bond donors (Lipinski definition) is 1. The molecule has 1 atom stereocenters. The topological polar surface area (TPSA) is 66.3 Å². The first-order chi connectivity index (χ1) is 7.16. The van der Waals surface area contributed by atoms with Gasteiger partial charge in [-0.25, -0.2) is 9.97 Å². The summed E-state index contributed by atoms with van der Waals surface area (Å²) in [6.07, 6.45) is 2.03. The average molecular weight is 228 g/mol. The zero-order valence-corrected chi connectivity index (χ0v) is 8.68. The van der Waals surface area contributed by atoms with E-state index in [2.05, 4.69) is 9.97 Å². The van der Waals surface area contributed by atoms with Gasteiger partial charge in [0, 0.05) is 19.2 Å². The normalized spacial score (nSPS) is 20.6. The Balaban J connectivity index is 2.11. The van der Waals surface area contributed by atoms with Gasteiger partial charge in [0.25, 0.3) is 0 Å². The zero-order valence-electron chi connectivity index (χ0n) is 7.93. The summed E-state index contributed by atoms with van der Waals surface area (Å²) in [5.74, 6) is -0.366. The molecule has 1 aliphatic heterocycles. The smallest absolute Gasteiger partial charge is 0.308 e. The Labute approximate surface area is 91.7 Å². The van der Waals surface area contributed by atoms with Crippen molar-refractivity contribution in [2.75, 3.05) is 18.0 Å². The molecule has 2 heterocycles. The Morgan fingerprint density at radius 3 is 3.00 bits per heavy atom. The quantitative estimate of drug-likeness (QED) is 0.765. The Morgan fingerprint density at radius 1 is 1.60 bits per heavy atom. The summed E-state index contributed by atoms with van der Waals surface area (Å²) in [6, 6.07) is 1.64. The molecule has 0 aromatic carbocycles. The number of nitrogens with zero attached hydrogens (tertiary/aromatic N) is 3. The number of carboxylic acids is 1. The number of rotatable bonds is 2. The Morgan fingerprint density at radius 2 is 2.40 bits per heavy atom. The van der Waals surface area contributed by atoms with Crippen LogP contribution in [0.3, 0.4) is 0 Å². The Bertz CT molecular complexity index is 385. The van der Waals surface area contributed by atoms with Crippen molar-refractivity contribution in [1.82, 2.24) is 9.97 Å². The van der Waals surface area contributed by atoms with Crippen molar-refractivity contribution in [3.63, 3.8) is 0 Å². The average Bonchev–Trinajstić information content (AvgIpc) is 2.66. The lowest BCUT2D eigenvalue weighted by Gasteiger charge is -2.16. The lowest BCUT2D eigenvalue weighted by molar-refractivity contribution is -0.140. The van der Waals surface area contributed by atoms with Crippen LogP contribution in [0.1, 0.15) is 6.42 Å². The van der Waals surface area contributed by atoms with E-state index in [1.807, 2.05) is 4.90 Å². The zero-order chi connectivity index (χ0) is 10.8. The maximum absolute atomic E-state index is 10.8. The Kier molecular flexibility index (Phi) is 2.73. The molecule has 6 heteroatoms. The van der Waals surface area contributed by atoms with Crippen LogP contribution in [0.25, 0.3) is 0 Å². The maximum atomic E-state index is 10.8. The van der Waals surface area contributed by atoms with Crippen molar-refractivity contribution in [2.24, 2.45) is 5.92 Å². The number of carboxylic acid groups (broad SMARTS) is 1. The highest BCUT2D eigenvalue weighted by Crippen LogP contribution is 2.23. The molecule has 1 aliphatic rings. The van der Waals surface area contributed by atoms with Gasteiger partial charge in [0.15, 0.2) is 0 Å². The van der Waals surface area contributed by atoms with Crippen molar-refractivity contribution < 1.29 is 9.90 Å². The van der Waals surface area contributed by atoms with E-state index >= 15 is 0 Å². The summed E-state index contributed by atoms with van der Waals surface area (Å²) >= 11 is 5.73. The lowest BCUT2D eigenvalue weighted by Crippen LogP contribution is -2.23. The summed E-state index contributed by atoms with van der Waals surface area (Å²) in [5, 5.41) is 9.22. The molecule has 0 saturated carbocycles. The first-order valence-electron chi connectivity index (χ1n) is 4.62. The second-order valence-electron chi connectivity index (χ2n) is 3.47. The van der Waals surface area contributed by atoms with Crippen LogP contribution in [0.2, 0.25) is 5.15 Å². The van der Waals surface area contributed by atoms with Crippen LogP contribution in [0, 0.1) is 5.92 Å². The number of anilines is 1. The molecule has 0 spiro atoms. The molecule has 15 heavy (non-hydrogen) atoms. The van der Waals surface area contributed by atoms with Gasteiger partial charge < -0.3 is 10.0 Å². The van der Waals surface area contributed by atoms with E-state index in [0.717, 1.165) is 0 Å². The van der Waals surface area contributed by atoms with Gasteiger partial charge in [-0.2, -0.15) is 0 Å². The minimum atomic E-state index is -0.752. The van der Waals surface area contributed by atoms with Crippen molar-refractivity contribution >= 4 is 23.4 Å². The van der Waals surface area contributed by atoms with E-state index in [9.17, 15) is 4.79 Å². The van der Waals surface area contributed by atoms with Crippen molar-refractivity contribution in [3.8, 4) is 0 Å². The third kappa shape index (κ3) is 2.18. The molecule has 0 bridgehead atoms. The van der Waals surface area contributed by atoms with E-state index in [1.165, 1.54) is 6.33 Å². The van der Waals surface area contributed by atoms with E-state index in [4.69, 9.17) is 16.7 Å². The van der Waals surface area contributed by atoms with Crippen LogP contribution in [0.4, 0.5) is 5.82 Å². The molecule has 1 saturated heterocycles. The Hall–Kier alpha value is -1.36. The van der Waals surface area contributed by atoms with Gasteiger partial charge in [-0.3, -0.25) is 4.79 Å². The van der Waals surface area contributed by atoms with Crippen LogP contribution in [0.15, 0.2) is 12.4 Å². The maximum Gasteiger partial charge on any atom is 0.308 e. The fourth-order valence-electron chi connectivity index (χ4n) is 1.67. The monoisotopic (exact) mass is 227 g/mol. The summed E-state index contributed by atoms with van der Waals surface area (Å²) < 4.78 is 0. The van der Waals surface area contributed by atoms with E-state index in [1.54, 1.807) is 6.07 Å². The van der Waals surface area contributed by atoms with Crippen LogP contribution in [0.5, 0.6) is 0 Å². The molecule has 0 unspecified atom stereocenters. The van der Waals surface area contributed by atoms with Crippen molar-refractivity contribution in [1.29, 1.82) is 0 Å². The second kappa shape index (κ2) is 4.02. The highest BCUT2D eigenvalue weighted by Gasteiger charge is 2.28. The minimum Gasteiger partial charge on any atom is -0.481 e. The molecule has 2 rings (SSSR count). The molecule has 0 radical (unpaired) electrons. The molecule has 1 N–H and O–H groups in total. The van der Waals surface area contributed by atoms with Crippen LogP contribution in [-0.2, 0) is 4.79 Å². The SMILES string of the molecule is O=C(O)[C@@H]1CCN(c2cc(Cl)ncn2)C1. The van der Waals surface area contributed by atoms with E-state index in [-0.39, 0.29) is 5.92 Å². The molecular formula is C9H10ClN3O2. The predicted molar refractivity (Wildman–Crippen MR) is 55.0 cm³/mol. The number of carbonyl (C=O) groups is 1. The minimum absolute atomic E-state index is 0.307. The molecule has 1 fully saturated rings. The molecule has 0 aliphatic carbocycles. The fraction of sp³-hybridized carbons (Fsp3) is 0.444. The number of hydrogen-bond acceptors (Lipinski definition) is 4. The number of halogens is 1. The molecule has 80 valence electrons. The van der Waals surface area contributed by atoms with Gasteiger partial charge >= 0.3 is 5.97 Å². The summed E-state index contributed by atoms with van der Waals surface area (Å²) in [4.78, 5) is 20.5.